The summed E-state index contributed by atoms with van der Waals surface area (Å²) in [4.78, 5) is 17.2. The average molecular weight is 486 g/mol. The molecule has 0 spiro atoms. The average Bonchev–Trinajstić information content (AvgIpc) is 2.90. The van der Waals surface area contributed by atoms with Crippen molar-refractivity contribution in [2.75, 3.05) is 43.0 Å². The summed E-state index contributed by atoms with van der Waals surface area (Å²) in [6.07, 6.45) is 0. The molecular weight excluding hydrogens is 458 g/mol. The lowest BCUT2D eigenvalue weighted by Crippen LogP contribution is -2.46. The molecule has 1 amide bonds. The molecule has 0 unspecified atom stereocenters. The van der Waals surface area contributed by atoms with Crippen molar-refractivity contribution in [3.8, 4) is 5.75 Å². The fraction of sp³-hybridized carbons (Fsp3) is 0.207. The summed E-state index contributed by atoms with van der Waals surface area (Å²) < 4.78 is 5.69. The predicted molar refractivity (Wildman–Crippen MR) is 143 cm³/mol. The van der Waals surface area contributed by atoms with Gasteiger partial charge in [0.2, 0.25) is 0 Å². The maximum absolute atomic E-state index is 12.4. The van der Waals surface area contributed by atoms with Crippen LogP contribution in [-0.2, 0) is 11.3 Å². The van der Waals surface area contributed by atoms with E-state index in [4.69, 9.17) is 16.3 Å². The number of hydrogen-bond donors (Lipinski definition) is 1. The standard InChI is InChI=1S/C29H28ClN3O2/c30-28-8-4-3-7-24(28)20-32-15-17-33(18-16-32)26-12-10-25(11-13-26)31-29(34)21-35-27-14-9-22-5-1-2-6-23(22)19-27/h1-14,19H,15-18,20-21H2,(H,31,34). The number of carbonyl (C=O) groups excluding carboxylic acids is 1. The molecule has 1 fully saturated rings. The number of amides is 1. The van der Waals surface area contributed by atoms with Crippen molar-refractivity contribution in [3.63, 3.8) is 0 Å². The number of ether oxygens (including phenoxy) is 1. The van der Waals surface area contributed by atoms with Crippen LogP contribution < -0.4 is 15.0 Å². The first-order valence-electron chi connectivity index (χ1n) is 11.9. The van der Waals surface area contributed by atoms with Gasteiger partial charge < -0.3 is 15.0 Å². The Morgan fingerprint density at radius 2 is 1.54 bits per heavy atom. The van der Waals surface area contributed by atoms with Crippen LogP contribution in [0.15, 0.2) is 91.0 Å². The highest BCUT2D eigenvalue weighted by Gasteiger charge is 2.18. The molecule has 0 radical (unpaired) electrons. The number of carbonyl (C=O) groups is 1. The Bertz CT molecular complexity index is 1300. The van der Waals surface area contributed by atoms with Crippen LogP contribution in [0.2, 0.25) is 5.02 Å². The topological polar surface area (TPSA) is 44.8 Å². The highest BCUT2D eigenvalue weighted by molar-refractivity contribution is 6.31. The van der Waals surface area contributed by atoms with Crippen LogP contribution in [0.4, 0.5) is 11.4 Å². The van der Waals surface area contributed by atoms with Gasteiger partial charge in [0.1, 0.15) is 5.75 Å². The zero-order valence-electron chi connectivity index (χ0n) is 19.5. The molecule has 5 rings (SSSR count). The van der Waals surface area contributed by atoms with Gasteiger partial charge >= 0.3 is 0 Å². The smallest absolute Gasteiger partial charge is 0.262 e. The molecule has 4 aromatic carbocycles. The number of nitrogens with zero attached hydrogens (tertiary/aromatic N) is 2. The predicted octanol–water partition coefficient (Wildman–Crippen LogP) is 5.83. The number of rotatable bonds is 7. The van der Waals surface area contributed by atoms with E-state index in [1.165, 1.54) is 5.56 Å². The van der Waals surface area contributed by atoms with Crippen LogP contribution in [0, 0.1) is 0 Å². The summed E-state index contributed by atoms with van der Waals surface area (Å²) in [5.41, 5.74) is 3.10. The van der Waals surface area contributed by atoms with Gasteiger partial charge in [-0.1, -0.05) is 60.1 Å². The van der Waals surface area contributed by atoms with Crippen LogP contribution in [0.3, 0.4) is 0 Å². The molecule has 0 atom stereocenters. The van der Waals surface area contributed by atoms with Crippen LogP contribution >= 0.6 is 11.6 Å². The molecule has 1 heterocycles. The normalized spacial score (nSPS) is 14.1. The molecular formula is C29H28ClN3O2. The van der Waals surface area contributed by atoms with Gasteiger partial charge in [0.15, 0.2) is 6.61 Å². The van der Waals surface area contributed by atoms with E-state index in [2.05, 4.69) is 39.4 Å². The van der Waals surface area contributed by atoms with E-state index in [0.717, 1.165) is 59.9 Å². The molecule has 0 saturated carbocycles. The van der Waals surface area contributed by atoms with E-state index in [-0.39, 0.29) is 12.5 Å². The first-order valence-corrected chi connectivity index (χ1v) is 12.2. The van der Waals surface area contributed by atoms with Crippen LogP contribution in [-0.4, -0.2) is 43.6 Å². The first-order chi connectivity index (χ1) is 17.1. The molecule has 4 aromatic rings. The minimum atomic E-state index is -0.181. The lowest BCUT2D eigenvalue weighted by Gasteiger charge is -2.36. The maximum Gasteiger partial charge on any atom is 0.262 e. The molecule has 0 bridgehead atoms. The Morgan fingerprint density at radius 3 is 2.31 bits per heavy atom. The first kappa shape index (κ1) is 23.2. The number of anilines is 2. The lowest BCUT2D eigenvalue weighted by atomic mass is 10.1. The highest BCUT2D eigenvalue weighted by Crippen LogP contribution is 2.23. The van der Waals surface area contributed by atoms with Gasteiger partial charge in [0.25, 0.3) is 5.91 Å². The second-order valence-corrected chi connectivity index (χ2v) is 9.15. The van der Waals surface area contributed by atoms with E-state index < -0.39 is 0 Å². The van der Waals surface area contributed by atoms with Crippen molar-refractivity contribution in [2.24, 2.45) is 0 Å². The summed E-state index contributed by atoms with van der Waals surface area (Å²) in [5.74, 6) is 0.502. The molecule has 1 aliphatic heterocycles. The fourth-order valence-electron chi connectivity index (χ4n) is 4.39. The highest BCUT2D eigenvalue weighted by atomic mass is 35.5. The van der Waals surface area contributed by atoms with Gasteiger partial charge in [-0.25, -0.2) is 0 Å². The Kier molecular flexibility index (Phi) is 7.17. The van der Waals surface area contributed by atoms with Gasteiger partial charge in [-0.05, 0) is 58.8 Å². The Labute approximate surface area is 210 Å². The van der Waals surface area contributed by atoms with Gasteiger partial charge in [0.05, 0.1) is 0 Å². The third-order valence-corrected chi connectivity index (χ3v) is 6.70. The number of nitrogens with one attached hydrogen (secondary N) is 1. The van der Waals surface area contributed by atoms with Crippen LogP contribution in [0.1, 0.15) is 5.56 Å². The summed E-state index contributed by atoms with van der Waals surface area (Å²) in [5, 5.41) is 5.98. The van der Waals surface area contributed by atoms with Gasteiger partial charge in [-0.2, -0.15) is 0 Å². The fourth-order valence-corrected chi connectivity index (χ4v) is 4.59. The van der Waals surface area contributed by atoms with Crippen molar-refractivity contribution >= 4 is 39.7 Å². The third-order valence-electron chi connectivity index (χ3n) is 6.33. The zero-order chi connectivity index (χ0) is 24.0. The molecule has 35 heavy (non-hydrogen) atoms. The second kappa shape index (κ2) is 10.8. The maximum atomic E-state index is 12.4. The molecule has 0 aliphatic carbocycles. The molecule has 6 heteroatoms. The minimum Gasteiger partial charge on any atom is -0.484 e. The van der Waals surface area contributed by atoms with Crippen molar-refractivity contribution < 1.29 is 9.53 Å². The molecule has 178 valence electrons. The summed E-state index contributed by atoms with van der Waals surface area (Å²) in [6.45, 7) is 4.71. The third kappa shape index (κ3) is 5.94. The monoisotopic (exact) mass is 485 g/mol. The summed E-state index contributed by atoms with van der Waals surface area (Å²) in [6, 6.07) is 30.0. The SMILES string of the molecule is O=C(COc1ccc2ccccc2c1)Nc1ccc(N2CCN(Cc3ccccc3Cl)CC2)cc1. The van der Waals surface area contributed by atoms with Crippen molar-refractivity contribution in [3.05, 3.63) is 102 Å². The van der Waals surface area contributed by atoms with E-state index in [1.807, 2.05) is 66.7 Å². The van der Waals surface area contributed by atoms with Crippen molar-refractivity contribution in [2.45, 2.75) is 6.54 Å². The largest absolute Gasteiger partial charge is 0.484 e. The Morgan fingerprint density at radius 1 is 0.829 bits per heavy atom. The Balaban J connectivity index is 1.09. The lowest BCUT2D eigenvalue weighted by molar-refractivity contribution is -0.118. The number of fused-ring (bicyclic) bond motifs is 1. The van der Waals surface area contributed by atoms with E-state index in [0.29, 0.717) is 5.75 Å². The van der Waals surface area contributed by atoms with Crippen molar-refractivity contribution in [1.82, 2.24) is 4.90 Å². The molecule has 1 N–H and O–H groups in total. The van der Waals surface area contributed by atoms with Crippen LogP contribution in [0.25, 0.3) is 10.8 Å². The van der Waals surface area contributed by atoms with E-state index >= 15 is 0 Å². The number of halogens is 1. The van der Waals surface area contributed by atoms with Gasteiger partial charge in [-0.3, -0.25) is 9.69 Å². The van der Waals surface area contributed by atoms with Crippen LogP contribution in [0.5, 0.6) is 5.75 Å². The number of hydrogen-bond acceptors (Lipinski definition) is 4. The van der Waals surface area contributed by atoms with Gasteiger partial charge in [0, 0.05) is 49.1 Å². The van der Waals surface area contributed by atoms with E-state index in [9.17, 15) is 4.79 Å². The Hall–Kier alpha value is -3.54. The minimum absolute atomic E-state index is 0.0342. The second-order valence-electron chi connectivity index (χ2n) is 8.75. The number of benzene rings is 4. The summed E-state index contributed by atoms with van der Waals surface area (Å²) in [7, 11) is 0. The molecule has 5 nitrogen and oxygen atoms in total. The van der Waals surface area contributed by atoms with Crippen molar-refractivity contribution in [1.29, 1.82) is 0 Å². The molecule has 1 aliphatic rings. The molecule has 0 aromatic heterocycles. The zero-order valence-corrected chi connectivity index (χ0v) is 20.2. The van der Waals surface area contributed by atoms with Gasteiger partial charge in [-0.15, -0.1) is 0 Å². The summed E-state index contributed by atoms with van der Waals surface area (Å²) >= 11 is 6.32. The molecule has 1 saturated heterocycles. The quantitative estimate of drug-likeness (QED) is 0.357. The van der Waals surface area contributed by atoms with E-state index in [1.54, 1.807) is 0 Å². The number of piperazine rings is 1.